The molecule has 0 radical (unpaired) electrons. The highest BCUT2D eigenvalue weighted by Crippen LogP contribution is 2.47. The van der Waals surface area contributed by atoms with Gasteiger partial charge in [0.2, 0.25) is 16.5 Å². The highest BCUT2D eigenvalue weighted by molar-refractivity contribution is 6.15. The molecule has 1 unspecified atom stereocenters. The molecule has 2 heterocycles. The second kappa shape index (κ2) is 11.9. The van der Waals surface area contributed by atoms with Gasteiger partial charge in [-0.1, -0.05) is 41.5 Å². The molecule has 0 saturated heterocycles. The molecule has 0 bridgehead atoms. The van der Waals surface area contributed by atoms with E-state index in [9.17, 15) is 32.9 Å². The smallest absolute Gasteiger partial charge is 0.364 e. The summed E-state index contributed by atoms with van der Waals surface area (Å²) in [6.07, 6.45) is 0.382. The van der Waals surface area contributed by atoms with E-state index in [0.717, 1.165) is 30.2 Å². The maximum Gasteiger partial charge on any atom is 0.416 e. The molecule has 47 heavy (non-hydrogen) atoms. The van der Waals surface area contributed by atoms with Crippen LogP contribution in [0.25, 0.3) is 12.2 Å². The van der Waals surface area contributed by atoms with Crippen molar-refractivity contribution in [3.63, 3.8) is 0 Å². The molecule has 0 spiro atoms. The predicted molar refractivity (Wildman–Crippen MR) is 180 cm³/mol. The second-order valence-electron chi connectivity index (χ2n) is 14.9. The first kappa shape index (κ1) is 34.3. The zero-order chi connectivity index (χ0) is 34.8. The van der Waals surface area contributed by atoms with Crippen molar-refractivity contribution in [3.8, 4) is 0 Å². The summed E-state index contributed by atoms with van der Waals surface area (Å²) in [4.78, 5) is 40.8. The first-order valence-corrected chi connectivity index (χ1v) is 16.2. The Bertz CT molecular complexity index is 1950. The Labute approximate surface area is 272 Å². The van der Waals surface area contributed by atoms with Crippen molar-refractivity contribution < 1.29 is 22.7 Å². The van der Waals surface area contributed by atoms with Crippen molar-refractivity contribution in [1.29, 1.82) is 0 Å². The first-order valence-electron chi connectivity index (χ1n) is 16.2. The molecular weight excluding hydrogens is 607 g/mol. The van der Waals surface area contributed by atoms with Gasteiger partial charge >= 0.3 is 6.18 Å². The number of nitro benzene ring substituents is 1. The molecule has 1 atom stereocenters. The number of anilines is 1. The summed E-state index contributed by atoms with van der Waals surface area (Å²) in [5, 5.41) is 11.7. The van der Waals surface area contributed by atoms with Gasteiger partial charge in [0.25, 0.3) is 5.69 Å². The van der Waals surface area contributed by atoms with Crippen molar-refractivity contribution in [2.24, 2.45) is 11.8 Å². The minimum Gasteiger partial charge on any atom is -0.364 e. The van der Waals surface area contributed by atoms with E-state index in [2.05, 4.69) is 32.6 Å². The van der Waals surface area contributed by atoms with Crippen LogP contribution < -0.4 is 26.2 Å². The van der Waals surface area contributed by atoms with E-state index in [0.29, 0.717) is 41.9 Å². The quantitative estimate of drug-likeness (QED) is 0.159. The van der Waals surface area contributed by atoms with Gasteiger partial charge in [-0.15, -0.1) is 0 Å². The van der Waals surface area contributed by atoms with Crippen molar-refractivity contribution in [3.05, 3.63) is 94.1 Å². The first-order chi connectivity index (χ1) is 21.8. The number of hydrogen-bond donors (Lipinski definition) is 0. The fourth-order valence-corrected chi connectivity index (χ4v) is 7.01. The summed E-state index contributed by atoms with van der Waals surface area (Å²) in [6, 6.07) is 8.15. The second-order valence-corrected chi connectivity index (χ2v) is 14.9. The number of non-ortho nitro benzene ring substituents is 1. The maximum absolute atomic E-state index is 13.7. The molecule has 0 aliphatic carbocycles. The number of rotatable bonds is 9. The van der Waals surface area contributed by atoms with Gasteiger partial charge in [-0.05, 0) is 61.9 Å². The van der Waals surface area contributed by atoms with E-state index in [1.807, 2.05) is 32.3 Å². The average Bonchev–Trinajstić information content (AvgIpc) is 3.32. The molecular formula is C37H43F3N3O4+. The van der Waals surface area contributed by atoms with Crippen LogP contribution in [-0.2, 0) is 17.0 Å². The molecule has 0 N–H and O–H groups in total. The predicted octanol–water partition coefficient (Wildman–Crippen LogP) is 6.11. The zero-order valence-corrected chi connectivity index (χ0v) is 28.3. The molecule has 5 rings (SSSR count). The highest BCUT2D eigenvalue weighted by atomic mass is 19.4. The average molecular weight is 651 g/mol. The SMILES string of the molecule is CC(C)CCN1c2ccc([N+](=O)[O-])cc2C(C)(C)C1C=c1c(=O)c(=CC2=[N+](CCC(C)C)c3ccc(C(F)(F)F)cc3C2(C)C)c1=O. The number of halogens is 3. The molecule has 2 aliphatic heterocycles. The number of hydrogen-bond acceptors (Lipinski definition) is 5. The summed E-state index contributed by atoms with van der Waals surface area (Å²) in [5.74, 6) is 0.711. The summed E-state index contributed by atoms with van der Waals surface area (Å²) in [5.41, 5.74) is 0.285. The van der Waals surface area contributed by atoms with E-state index < -0.39 is 44.4 Å². The van der Waals surface area contributed by atoms with Crippen LogP contribution in [0.1, 0.15) is 84.9 Å². The Morgan fingerprint density at radius 3 is 2.15 bits per heavy atom. The number of nitro groups is 1. The maximum atomic E-state index is 13.7. The molecule has 7 nitrogen and oxygen atoms in total. The van der Waals surface area contributed by atoms with E-state index in [4.69, 9.17) is 0 Å². The van der Waals surface area contributed by atoms with E-state index in [-0.39, 0.29) is 16.1 Å². The van der Waals surface area contributed by atoms with Gasteiger partial charge in [0.15, 0.2) is 5.71 Å². The Balaban J connectivity index is 1.63. The molecule has 3 aromatic rings. The third-order valence-electron chi connectivity index (χ3n) is 9.95. The Kier molecular flexibility index (Phi) is 8.65. The molecule has 0 fully saturated rings. The fourth-order valence-electron chi connectivity index (χ4n) is 7.01. The lowest BCUT2D eigenvalue weighted by Crippen LogP contribution is -2.66. The molecule has 3 aromatic carbocycles. The third-order valence-corrected chi connectivity index (χ3v) is 9.95. The number of benzene rings is 2. The third kappa shape index (κ3) is 5.95. The topological polar surface area (TPSA) is 83.5 Å². The van der Waals surface area contributed by atoms with Crippen LogP contribution in [0.2, 0.25) is 0 Å². The van der Waals surface area contributed by atoms with Crippen molar-refractivity contribution in [2.45, 2.75) is 91.3 Å². The minimum atomic E-state index is -4.50. The molecule has 10 heteroatoms. The zero-order valence-electron chi connectivity index (χ0n) is 28.3. The fraction of sp³-hybridized carbons (Fsp3) is 0.486. The number of nitrogens with zero attached hydrogens (tertiary/aromatic N) is 3. The molecule has 0 saturated carbocycles. The van der Waals surface area contributed by atoms with Crippen molar-refractivity contribution in [2.75, 3.05) is 18.0 Å². The van der Waals surface area contributed by atoms with Gasteiger partial charge in [-0.3, -0.25) is 19.7 Å². The van der Waals surface area contributed by atoms with Crippen molar-refractivity contribution >= 4 is 34.9 Å². The van der Waals surface area contributed by atoms with Crippen LogP contribution in [-0.4, -0.2) is 34.3 Å². The summed E-state index contributed by atoms with van der Waals surface area (Å²) < 4.78 is 43.0. The molecule has 0 aromatic heterocycles. The Morgan fingerprint density at radius 1 is 0.936 bits per heavy atom. The molecule has 2 aliphatic rings. The van der Waals surface area contributed by atoms with Crippen LogP contribution in [0.15, 0.2) is 46.0 Å². The normalized spacial score (nSPS) is 18.3. The van der Waals surface area contributed by atoms with Crippen LogP contribution in [0.4, 0.5) is 30.2 Å². The lowest BCUT2D eigenvalue weighted by atomic mass is 9.79. The standard InChI is InChI=1S/C37H43F3N3O4/c1-21(2)13-15-41-29-11-9-23(37(38,39)40)17-27(29)35(5,6)31(41)19-25-33(44)26(34(25)45)20-32-36(7,8)28-18-24(43(46)47)10-12-30(28)42(32)16-14-22(3)4/h9-12,17-22,32H,13-16H2,1-8H3/q+1. The summed E-state index contributed by atoms with van der Waals surface area (Å²) >= 11 is 0. The number of fused-ring (bicyclic) bond motifs is 2. The van der Waals surface area contributed by atoms with E-state index in [1.54, 1.807) is 24.3 Å². The van der Waals surface area contributed by atoms with Gasteiger partial charge in [0.1, 0.15) is 6.54 Å². The Hall–Kier alpha value is -4.08. The highest BCUT2D eigenvalue weighted by Gasteiger charge is 2.47. The summed E-state index contributed by atoms with van der Waals surface area (Å²) in [6.45, 7) is 17.1. The van der Waals surface area contributed by atoms with Gasteiger partial charge in [0.05, 0.1) is 32.4 Å². The van der Waals surface area contributed by atoms with E-state index in [1.165, 1.54) is 18.2 Å². The monoisotopic (exact) mass is 650 g/mol. The largest absolute Gasteiger partial charge is 0.416 e. The van der Waals surface area contributed by atoms with Gasteiger partial charge in [-0.25, -0.2) is 0 Å². The minimum absolute atomic E-state index is 0.00964. The Morgan fingerprint density at radius 2 is 1.57 bits per heavy atom. The van der Waals surface area contributed by atoms with Crippen molar-refractivity contribution in [1.82, 2.24) is 0 Å². The van der Waals surface area contributed by atoms with Crippen LogP contribution >= 0.6 is 0 Å². The van der Waals surface area contributed by atoms with E-state index >= 15 is 0 Å². The molecule has 0 amide bonds. The lowest BCUT2D eigenvalue weighted by Gasteiger charge is -2.33. The van der Waals surface area contributed by atoms with Gasteiger partial charge < -0.3 is 4.90 Å². The molecule has 250 valence electrons. The van der Waals surface area contributed by atoms with Gasteiger partial charge in [-0.2, -0.15) is 17.7 Å². The van der Waals surface area contributed by atoms with Crippen LogP contribution in [0.3, 0.4) is 0 Å². The number of alkyl halides is 3. The van der Waals surface area contributed by atoms with Crippen LogP contribution in [0.5, 0.6) is 0 Å². The van der Waals surface area contributed by atoms with Crippen LogP contribution in [0, 0.1) is 22.0 Å². The lowest BCUT2D eigenvalue weighted by molar-refractivity contribution is -0.438. The summed E-state index contributed by atoms with van der Waals surface area (Å²) in [7, 11) is 0. The van der Waals surface area contributed by atoms with Gasteiger partial charge in [0, 0.05) is 53.9 Å².